The summed E-state index contributed by atoms with van der Waals surface area (Å²) in [6, 6.07) is 16.3. The lowest BCUT2D eigenvalue weighted by Gasteiger charge is -2.32. The number of amides is 2. The van der Waals surface area contributed by atoms with Gasteiger partial charge in [-0.15, -0.1) is 0 Å². The van der Waals surface area contributed by atoms with Crippen molar-refractivity contribution in [3.8, 4) is 0 Å². The summed E-state index contributed by atoms with van der Waals surface area (Å²) in [6.07, 6.45) is 2.05. The Morgan fingerprint density at radius 2 is 1.74 bits per heavy atom. The number of benzene rings is 2. The van der Waals surface area contributed by atoms with Crippen LogP contribution in [0.1, 0.15) is 35.7 Å². The van der Waals surface area contributed by atoms with Crippen LogP contribution >= 0.6 is 0 Å². The first-order valence-electron chi connectivity index (χ1n) is 9.26. The Balaban J connectivity index is 1.57. The summed E-state index contributed by atoms with van der Waals surface area (Å²) in [5.41, 5.74) is 2.26. The van der Waals surface area contributed by atoms with E-state index in [0.29, 0.717) is 30.8 Å². The molecular weight excluding hydrogens is 340 g/mol. The molecule has 1 atom stereocenters. The van der Waals surface area contributed by atoms with Crippen molar-refractivity contribution >= 4 is 23.3 Å². The number of Topliss-reactive ketones (excluding diaryl/α,β-unsaturated/α-hetero) is 2. The average Bonchev–Trinajstić information content (AvgIpc) is 2.69. The van der Waals surface area contributed by atoms with E-state index in [1.54, 1.807) is 29.2 Å². The van der Waals surface area contributed by atoms with Gasteiger partial charge in [0.2, 0.25) is 0 Å². The van der Waals surface area contributed by atoms with E-state index in [4.69, 9.17) is 0 Å². The van der Waals surface area contributed by atoms with E-state index in [9.17, 15) is 14.4 Å². The van der Waals surface area contributed by atoms with Crippen molar-refractivity contribution in [3.63, 3.8) is 0 Å². The number of carbonyl (C=O) groups excluding carboxylic acids is 3. The van der Waals surface area contributed by atoms with Crippen LogP contribution in [-0.4, -0.2) is 35.6 Å². The molecule has 1 aliphatic heterocycles. The third kappa shape index (κ3) is 5.03. The largest absolute Gasteiger partial charge is 0.324 e. The quantitative estimate of drug-likeness (QED) is 0.817. The zero-order valence-corrected chi connectivity index (χ0v) is 15.5. The Labute approximate surface area is 159 Å². The Bertz CT molecular complexity index is 815. The van der Waals surface area contributed by atoms with Crippen LogP contribution in [0.15, 0.2) is 54.6 Å². The van der Waals surface area contributed by atoms with Crippen molar-refractivity contribution < 1.29 is 14.4 Å². The van der Waals surface area contributed by atoms with Gasteiger partial charge in [0.15, 0.2) is 5.78 Å². The third-order valence-electron chi connectivity index (χ3n) is 4.93. The summed E-state index contributed by atoms with van der Waals surface area (Å²) in [7, 11) is 0. The molecule has 1 N–H and O–H groups in total. The first kappa shape index (κ1) is 18.8. The number of piperidine rings is 1. The highest BCUT2D eigenvalue weighted by atomic mass is 16.2. The number of hydrogen-bond donors (Lipinski definition) is 1. The SMILES string of the molecule is CC(=O)c1ccc(NC(=O)N2CCC[C@H](C(=O)Cc3ccccc3)C2)cc1. The molecule has 1 heterocycles. The van der Waals surface area contributed by atoms with Crippen LogP contribution in [0.25, 0.3) is 0 Å². The number of likely N-dealkylation sites (tertiary alicyclic amines) is 1. The molecule has 27 heavy (non-hydrogen) atoms. The van der Waals surface area contributed by atoms with Crippen LogP contribution in [0.4, 0.5) is 10.5 Å². The number of rotatable bonds is 5. The van der Waals surface area contributed by atoms with Crippen LogP contribution < -0.4 is 5.32 Å². The molecule has 1 aliphatic rings. The van der Waals surface area contributed by atoms with Gasteiger partial charge < -0.3 is 10.2 Å². The van der Waals surface area contributed by atoms with Gasteiger partial charge in [-0.05, 0) is 49.6 Å². The predicted molar refractivity (Wildman–Crippen MR) is 105 cm³/mol. The van der Waals surface area contributed by atoms with E-state index < -0.39 is 0 Å². The van der Waals surface area contributed by atoms with E-state index in [0.717, 1.165) is 18.4 Å². The second kappa shape index (κ2) is 8.62. The predicted octanol–water partition coefficient (Wildman–Crippen LogP) is 3.94. The van der Waals surface area contributed by atoms with E-state index in [-0.39, 0.29) is 23.5 Å². The summed E-state index contributed by atoms with van der Waals surface area (Å²) in [6.45, 7) is 2.60. The minimum absolute atomic E-state index is 0.0105. The minimum Gasteiger partial charge on any atom is -0.324 e. The summed E-state index contributed by atoms with van der Waals surface area (Å²) in [5, 5.41) is 2.85. The Hall–Kier alpha value is -2.95. The lowest BCUT2D eigenvalue weighted by molar-refractivity contribution is -0.123. The number of ketones is 2. The fourth-order valence-corrected chi connectivity index (χ4v) is 3.36. The monoisotopic (exact) mass is 364 g/mol. The summed E-state index contributed by atoms with van der Waals surface area (Å²) < 4.78 is 0. The van der Waals surface area contributed by atoms with Gasteiger partial charge in [-0.25, -0.2) is 4.79 Å². The van der Waals surface area contributed by atoms with Gasteiger partial charge in [0.05, 0.1) is 0 Å². The molecule has 0 saturated carbocycles. The molecule has 5 nitrogen and oxygen atoms in total. The third-order valence-corrected chi connectivity index (χ3v) is 4.93. The van der Waals surface area contributed by atoms with Crippen LogP contribution in [0.5, 0.6) is 0 Å². The molecule has 0 aliphatic carbocycles. The lowest BCUT2D eigenvalue weighted by Crippen LogP contribution is -2.44. The standard InChI is InChI=1S/C22H24N2O3/c1-16(25)18-9-11-20(12-10-18)23-22(27)24-13-5-8-19(15-24)21(26)14-17-6-3-2-4-7-17/h2-4,6-7,9-12,19H,5,8,13-15H2,1H3,(H,23,27)/t19-/m0/s1. The molecule has 0 aromatic heterocycles. The summed E-state index contributed by atoms with van der Waals surface area (Å²) in [4.78, 5) is 38.2. The molecule has 0 bridgehead atoms. The zero-order valence-electron chi connectivity index (χ0n) is 15.5. The van der Waals surface area contributed by atoms with Crippen molar-refractivity contribution in [1.29, 1.82) is 0 Å². The topological polar surface area (TPSA) is 66.5 Å². The van der Waals surface area contributed by atoms with Gasteiger partial charge in [0, 0.05) is 36.7 Å². The first-order valence-corrected chi connectivity index (χ1v) is 9.26. The summed E-state index contributed by atoms with van der Waals surface area (Å²) in [5.74, 6) is 0.0537. The molecule has 1 fully saturated rings. The normalized spacial score (nSPS) is 16.6. The fraction of sp³-hybridized carbons (Fsp3) is 0.318. The number of anilines is 1. The fourth-order valence-electron chi connectivity index (χ4n) is 3.36. The highest BCUT2D eigenvalue weighted by Gasteiger charge is 2.28. The second-order valence-electron chi connectivity index (χ2n) is 6.98. The van der Waals surface area contributed by atoms with Gasteiger partial charge in [-0.1, -0.05) is 30.3 Å². The smallest absolute Gasteiger partial charge is 0.321 e. The Kier molecular flexibility index (Phi) is 6.01. The van der Waals surface area contributed by atoms with E-state index in [1.807, 2.05) is 30.3 Å². The van der Waals surface area contributed by atoms with E-state index in [1.165, 1.54) is 6.92 Å². The zero-order chi connectivity index (χ0) is 19.2. The molecule has 0 unspecified atom stereocenters. The molecule has 2 amide bonds. The Morgan fingerprint density at radius 3 is 2.41 bits per heavy atom. The lowest BCUT2D eigenvalue weighted by atomic mass is 9.90. The van der Waals surface area contributed by atoms with Crippen LogP contribution in [-0.2, 0) is 11.2 Å². The first-order chi connectivity index (χ1) is 13.0. The molecule has 0 radical (unpaired) electrons. The van der Waals surface area contributed by atoms with Crippen molar-refractivity contribution in [2.45, 2.75) is 26.2 Å². The molecular formula is C22H24N2O3. The van der Waals surface area contributed by atoms with Gasteiger partial charge >= 0.3 is 6.03 Å². The molecule has 140 valence electrons. The van der Waals surface area contributed by atoms with Crippen molar-refractivity contribution in [2.24, 2.45) is 5.92 Å². The molecule has 0 spiro atoms. The summed E-state index contributed by atoms with van der Waals surface area (Å²) >= 11 is 0. The van der Waals surface area contributed by atoms with Crippen molar-refractivity contribution in [1.82, 2.24) is 4.90 Å². The number of nitrogens with one attached hydrogen (secondary N) is 1. The molecule has 1 saturated heterocycles. The van der Waals surface area contributed by atoms with Gasteiger partial charge in [0.25, 0.3) is 0 Å². The van der Waals surface area contributed by atoms with Crippen molar-refractivity contribution in [2.75, 3.05) is 18.4 Å². The van der Waals surface area contributed by atoms with Crippen molar-refractivity contribution in [3.05, 3.63) is 65.7 Å². The molecule has 2 aromatic carbocycles. The van der Waals surface area contributed by atoms with Crippen LogP contribution in [0, 0.1) is 5.92 Å². The van der Waals surface area contributed by atoms with Gasteiger partial charge in [-0.2, -0.15) is 0 Å². The van der Waals surface area contributed by atoms with E-state index >= 15 is 0 Å². The maximum atomic E-state index is 12.6. The number of nitrogens with zero attached hydrogens (tertiary/aromatic N) is 1. The van der Waals surface area contributed by atoms with Gasteiger partial charge in [0.1, 0.15) is 5.78 Å². The molecule has 3 rings (SSSR count). The molecule has 5 heteroatoms. The average molecular weight is 364 g/mol. The number of urea groups is 1. The van der Waals surface area contributed by atoms with Gasteiger partial charge in [-0.3, -0.25) is 9.59 Å². The molecule has 2 aromatic rings. The highest BCUT2D eigenvalue weighted by Crippen LogP contribution is 2.20. The highest BCUT2D eigenvalue weighted by molar-refractivity contribution is 5.95. The Morgan fingerprint density at radius 1 is 1.04 bits per heavy atom. The maximum Gasteiger partial charge on any atom is 0.321 e. The maximum absolute atomic E-state index is 12.6. The van der Waals surface area contributed by atoms with Crippen LogP contribution in [0.2, 0.25) is 0 Å². The van der Waals surface area contributed by atoms with E-state index in [2.05, 4.69) is 5.32 Å². The number of carbonyl (C=O) groups is 3. The number of hydrogen-bond acceptors (Lipinski definition) is 3. The second-order valence-corrected chi connectivity index (χ2v) is 6.98. The van der Waals surface area contributed by atoms with Crippen LogP contribution in [0.3, 0.4) is 0 Å². The minimum atomic E-state index is -0.206.